The van der Waals surface area contributed by atoms with E-state index in [9.17, 15) is 4.39 Å². The molecule has 2 N–H and O–H groups in total. The van der Waals surface area contributed by atoms with Crippen LogP contribution in [0.2, 0.25) is 0 Å². The maximum Gasteiger partial charge on any atom is 0.127 e. The first-order valence-corrected chi connectivity index (χ1v) is 7.34. The highest BCUT2D eigenvalue weighted by atomic mass is 19.1. The van der Waals surface area contributed by atoms with Crippen molar-refractivity contribution in [3.63, 3.8) is 0 Å². The average Bonchev–Trinajstić information content (AvgIpc) is 2.54. The predicted octanol–water partition coefficient (Wildman–Crippen LogP) is 3.98. The first-order valence-electron chi connectivity index (χ1n) is 7.34. The predicted molar refractivity (Wildman–Crippen MR) is 89.7 cm³/mol. The quantitative estimate of drug-likeness (QED) is 0.890. The molecule has 0 unspecified atom stereocenters. The van der Waals surface area contributed by atoms with E-state index in [4.69, 9.17) is 0 Å². The molecule has 0 amide bonds. The third-order valence-electron chi connectivity index (χ3n) is 2.55. The van der Waals surface area contributed by atoms with Gasteiger partial charge in [-0.3, -0.25) is 0 Å². The summed E-state index contributed by atoms with van der Waals surface area (Å²) in [7, 11) is 3.75. The number of benzene rings is 2. The Labute approximate surface area is 128 Å². The van der Waals surface area contributed by atoms with E-state index in [1.807, 2.05) is 45.2 Å². The molecular weight excluding hydrogens is 263 g/mol. The highest BCUT2D eigenvalue weighted by Gasteiger charge is 1.96. The van der Waals surface area contributed by atoms with Crippen LogP contribution in [0.25, 0.3) is 0 Å². The van der Waals surface area contributed by atoms with Gasteiger partial charge in [0.15, 0.2) is 0 Å². The molecule has 0 saturated heterocycles. The topological polar surface area (TPSA) is 24.1 Å². The molecule has 2 aromatic carbocycles. The summed E-state index contributed by atoms with van der Waals surface area (Å²) in [6, 6.07) is 17.1. The van der Waals surface area contributed by atoms with Crippen LogP contribution in [-0.2, 0) is 13.1 Å². The van der Waals surface area contributed by atoms with E-state index in [0.717, 1.165) is 6.54 Å². The lowest BCUT2D eigenvalue weighted by Crippen LogP contribution is -2.06. The zero-order valence-corrected chi connectivity index (χ0v) is 13.5. The zero-order chi connectivity index (χ0) is 15.9. The van der Waals surface area contributed by atoms with Crippen LogP contribution in [0.1, 0.15) is 25.0 Å². The van der Waals surface area contributed by atoms with Crippen molar-refractivity contribution in [1.29, 1.82) is 0 Å². The number of nitrogens with one attached hydrogen (secondary N) is 2. The van der Waals surface area contributed by atoms with Gasteiger partial charge in [0.25, 0.3) is 0 Å². The number of hydrogen-bond acceptors (Lipinski definition) is 2. The van der Waals surface area contributed by atoms with Gasteiger partial charge in [-0.15, -0.1) is 0 Å². The minimum atomic E-state index is -0.142. The summed E-state index contributed by atoms with van der Waals surface area (Å²) in [5.74, 6) is -0.142. The molecule has 2 aromatic rings. The Morgan fingerprint density at radius 1 is 0.762 bits per heavy atom. The molecule has 0 fully saturated rings. The monoisotopic (exact) mass is 290 g/mol. The van der Waals surface area contributed by atoms with Crippen LogP contribution >= 0.6 is 0 Å². The number of hydrogen-bond donors (Lipinski definition) is 2. The van der Waals surface area contributed by atoms with E-state index >= 15 is 0 Å². The first-order chi connectivity index (χ1) is 10.3. The third-order valence-corrected chi connectivity index (χ3v) is 2.55. The van der Waals surface area contributed by atoms with E-state index in [1.54, 1.807) is 19.2 Å². The highest BCUT2D eigenvalue weighted by Crippen LogP contribution is 2.04. The standard InChI is InChI=1S/C8H10FN.C8H11N.C2H6/c1-10-6-7-4-2-3-5-8(7)9;1-9-7-8-5-3-2-4-6-8;1-2/h2-5,10H,6H2,1H3;2-6,9H,7H2,1H3;1-2H3. The van der Waals surface area contributed by atoms with Gasteiger partial charge in [0.1, 0.15) is 5.82 Å². The van der Waals surface area contributed by atoms with Gasteiger partial charge >= 0.3 is 0 Å². The van der Waals surface area contributed by atoms with Crippen LogP contribution in [0.4, 0.5) is 4.39 Å². The molecule has 2 rings (SSSR count). The molecule has 0 bridgehead atoms. The molecular formula is C18H27FN2. The molecule has 0 atom stereocenters. The van der Waals surface area contributed by atoms with E-state index in [-0.39, 0.29) is 5.82 Å². The van der Waals surface area contributed by atoms with Crippen LogP contribution < -0.4 is 10.6 Å². The molecule has 0 saturated carbocycles. The van der Waals surface area contributed by atoms with Crippen LogP contribution in [0.15, 0.2) is 54.6 Å². The minimum absolute atomic E-state index is 0.142. The van der Waals surface area contributed by atoms with E-state index in [1.165, 1.54) is 11.6 Å². The van der Waals surface area contributed by atoms with Gasteiger partial charge in [-0.05, 0) is 25.7 Å². The van der Waals surface area contributed by atoms with Crippen molar-refractivity contribution in [3.05, 3.63) is 71.5 Å². The molecule has 116 valence electrons. The number of halogens is 1. The summed E-state index contributed by atoms with van der Waals surface area (Å²) in [6.45, 7) is 5.55. The Balaban J connectivity index is 0.000000342. The molecule has 0 heterocycles. The van der Waals surface area contributed by atoms with Gasteiger partial charge in [-0.25, -0.2) is 4.39 Å². The summed E-state index contributed by atoms with van der Waals surface area (Å²) < 4.78 is 12.7. The van der Waals surface area contributed by atoms with Gasteiger partial charge < -0.3 is 10.6 Å². The van der Waals surface area contributed by atoms with Crippen LogP contribution in [0.3, 0.4) is 0 Å². The van der Waals surface area contributed by atoms with Crippen molar-refractivity contribution in [2.45, 2.75) is 26.9 Å². The summed E-state index contributed by atoms with van der Waals surface area (Å²) in [6.07, 6.45) is 0. The fourth-order valence-electron chi connectivity index (χ4n) is 1.63. The minimum Gasteiger partial charge on any atom is -0.316 e. The van der Waals surface area contributed by atoms with Gasteiger partial charge in [0.05, 0.1) is 0 Å². The second kappa shape index (κ2) is 13.3. The molecule has 2 nitrogen and oxygen atoms in total. The van der Waals surface area contributed by atoms with Crippen LogP contribution in [-0.4, -0.2) is 14.1 Å². The van der Waals surface area contributed by atoms with Crippen molar-refractivity contribution < 1.29 is 4.39 Å². The van der Waals surface area contributed by atoms with Crippen molar-refractivity contribution >= 4 is 0 Å². The largest absolute Gasteiger partial charge is 0.316 e. The second-order valence-electron chi connectivity index (χ2n) is 4.14. The summed E-state index contributed by atoms with van der Waals surface area (Å²) in [5, 5.41) is 5.97. The summed E-state index contributed by atoms with van der Waals surface area (Å²) in [4.78, 5) is 0. The van der Waals surface area contributed by atoms with Crippen molar-refractivity contribution in [2.75, 3.05) is 14.1 Å². The Morgan fingerprint density at radius 3 is 1.81 bits per heavy atom. The third kappa shape index (κ3) is 8.95. The summed E-state index contributed by atoms with van der Waals surface area (Å²) in [5.41, 5.74) is 2.05. The van der Waals surface area contributed by atoms with E-state index < -0.39 is 0 Å². The zero-order valence-electron chi connectivity index (χ0n) is 13.5. The highest BCUT2D eigenvalue weighted by molar-refractivity contribution is 5.16. The first kappa shape index (κ1) is 19.3. The molecule has 0 aromatic heterocycles. The summed E-state index contributed by atoms with van der Waals surface area (Å²) >= 11 is 0. The van der Waals surface area contributed by atoms with Crippen molar-refractivity contribution in [1.82, 2.24) is 10.6 Å². The Hall–Kier alpha value is -1.71. The smallest absolute Gasteiger partial charge is 0.127 e. The van der Waals surface area contributed by atoms with Crippen molar-refractivity contribution in [2.24, 2.45) is 0 Å². The van der Waals surface area contributed by atoms with Crippen LogP contribution in [0, 0.1) is 5.82 Å². The molecule has 0 aliphatic rings. The second-order valence-corrected chi connectivity index (χ2v) is 4.14. The van der Waals surface area contributed by atoms with Crippen LogP contribution in [0.5, 0.6) is 0 Å². The van der Waals surface area contributed by atoms with E-state index in [0.29, 0.717) is 12.1 Å². The fourth-order valence-corrected chi connectivity index (χ4v) is 1.63. The van der Waals surface area contributed by atoms with Gasteiger partial charge in [0, 0.05) is 18.7 Å². The Kier molecular flexibility index (Phi) is 12.2. The molecule has 21 heavy (non-hydrogen) atoms. The van der Waals surface area contributed by atoms with Gasteiger partial charge in [0.2, 0.25) is 0 Å². The van der Waals surface area contributed by atoms with Crippen molar-refractivity contribution in [3.8, 4) is 0 Å². The SMILES string of the molecule is CC.CNCc1ccccc1.CNCc1ccccc1F. The Morgan fingerprint density at radius 2 is 1.29 bits per heavy atom. The maximum absolute atomic E-state index is 12.7. The molecule has 0 aliphatic heterocycles. The fraction of sp³-hybridized carbons (Fsp3) is 0.333. The maximum atomic E-state index is 12.7. The molecule has 0 spiro atoms. The van der Waals surface area contributed by atoms with Gasteiger partial charge in [-0.1, -0.05) is 62.4 Å². The Bertz CT molecular complexity index is 458. The van der Waals surface area contributed by atoms with E-state index in [2.05, 4.69) is 22.8 Å². The lowest BCUT2D eigenvalue weighted by Gasteiger charge is -1.99. The average molecular weight is 290 g/mol. The lowest BCUT2D eigenvalue weighted by molar-refractivity contribution is 0.601. The molecule has 0 aliphatic carbocycles. The lowest BCUT2D eigenvalue weighted by atomic mass is 10.2. The number of rotatable bonds is 4. The molecule has 3 heteroatoms. The normalized spacial score (nSPS) is 9.00. The van der Waals surface area contributed by atoms with Gasteiger partial charge in [-0.2, -0.15) is 0 Å². The molecule has 0 radical (unpaired) electrons.